The molecule has 166 valence electrons. The molecule has 6 heteroatoms. The maximum Gasteiger partial charge on any atom is 0.161 e. The summed E-state index contributed by atoms with van der Waals surface area (Å²) in [5, 5.41) is 19.7. The average Bonchev–Trinajstić information content (AvgIpc) is 2.70. The van der Waals surface area contributed by atoms with E-state index in [1.807, 2.05) is 6.07 Å². The van der Waals surface area contributed by atoms with Gasteiger partial charge in [-0.2, -0.15) is 5.26 Å². The molecule has 1 fully saturated rings. The molecule has 0 aromatic heterocycles. The van der Waals surface area contributed by atoms with Crippen molar-refractivity contribution >= 4 is 0 Å². The highest BCUT2D eigenvalue weighted by atomic mass is 16.5. The Bertz CT molecular complexity index is 768. The molecule has 2 aliphatic heterocycles. The van der Waals surface area contributed by atoms with Gasteiger partial charge in [0.05, 0.1) is 25.9 Å². The predicted molar refractivity (Wildman–Crippen MR) is 116 cm³/mol. The van der Waals surface area contributed by atoms with Crippen LogP contribution in [0.15, 0.2) is 12.1 Å². The van der Waals surface area contributed by atoms with Crippen LogP contribution in [0.25, 0.3) is 0 Å². The standard InChI is InChI=1S/C24H36N2O4/c1-16(14-25)29-8-9-30-23-10-17-6-7-26-15-18(13-24(2,3)4)21(27)12-20(26)19(17)11-22(23)28-5/h10-11,16,18,20-21,27H,6-9,12-13,15H2,1-5H3/t16?,18-,20-,21-/m1/s1. The van der Waals surface area contributed by atoms with Gasteiger partial charge in [0, 0.05) is 19.1 Å². The van der Waals surface area contributed by atoms with Crippen LogP contribution in [-0.4, -0.2) is 55.6 Å². The number of hydrogen-bond acceptors (Lipinski definition) is 6. The van der Waals surface area contributed by atoms with E-state index in [1.54, 1.807) is 14.0 Å². The van der Waals surface area contributed by atoms with Gasteiger partial charge in [-0.3, -0.25) is 4.90 Å². The van der Waals surface area contributed by atoms with Crippen molar-refractivity contribution in [3.8, 4) is 17.6 Å². The van der Waals surface area contributed by atoms with E-state index < -0.39 is 6.10 Å². The summed E-state index contributed by atoms with van der Waals surface area (Å²) in [6.07, 6.45) is 2.04. The van der Waals surface area contributed by atoms with Gasteiger partial charge in [-0.1, -0.05) is 20.8 Å². The van der Waals surface area contributed by atoms with Crippen LogP contribution in [0.2, 0.25) is 0 Å². The highest BCUT2D eigenvalue weighted by Gasteiger charge is 2.39. The van der Waals surface area contributed by atoms with E-state index in [0.717, 1.165) is 32.4 Å². The number of nitrogens with zero attached hydrogens (tertiary/aromatic N) is 2. The van der Waals surface area contributed by atoms with Crippen molar-refractivity contribution in [1.82, 2.24) is 4.90 Å². The fourth-order valence-electron chi connectivity index (χ4n) is 4.77. The summed E-state index contributed by atoms with van der Waals surface area (Å²) in [6.45, 7) is 11.1. The van der Waals surface area contributed by atoms with Crippen LogP contribution in [0, 0.1) is 22.7 Å². The smallest absolute Gasteiger partial charge is 0.161 e. The highest BCUT2D eigenvalue weighted by Crippen LogP contribution is 2.44. The van der Waals surface area contributed by atoms with Crippen LogP contribution < -0.4 is 9.47 Å². The average molecular weight is 417 g/mol. The van der Waals surface area contributed by atoms with Gasteiger partial charge in [0.25, 0.3) is 0 Å². The number of nitriles is 1. The number of hydrogen-bond donors (Lipinski definition) is 1. The van der Waals surface area contributed by atoms with Gasteiger partial charge in [0.1, 0.15) is 12.7 Å². The summed E-state index contributed by atoms with van der Waals surface area (Å²) in [5.41, 5.74) is 2.73. The fraction of sp³-hybridized carbons (Fsp3) is 0.708. The molecule has 30 heavy (non-hydrogen) atoms. The highest BCUT2D eigenvalue weighted by molar-refractivity contribution is 5.49. The molecule has 1 aromatic rings. The number of ether oxygens (including phenoxy) is 3. The maximum absolute atomic E-state index is 10.9. The van der Waals surface area contributed by atoms with Crippen LogP contribution in [0.1, 0.15) is 57.7 Å². The Balaban J connectivity index is 1.72. The minimum atomic E-state index is -0.440. The van der Waals surface area contributed by atoms with Crippen molar-refractivity contribution in [3.05, 3.63) is 23.3 Å². The molecule has 2 aliphatic rings. The Labute approximate surface area is 180 Å². The fourth-order valence-corrected chi connectivity index (χ4v) is 4.77. The third-order valence-corrected chi connectivity index (χ3v) is 6.14. The van der Waals surface area contributed by atoms with Crippen LogP contribution >= 0.6 is 0 Å². The summed E-state index contributed by atoms with van der Waals surface area (Å²) in [4.78, 5) is 2.53. The number of piperidine rings is 1. The van der Waals surface area contributed by atoms with Crippen molar-refractivity contribution in [1.29, 1.82) is 5.26 Å². The Morgan fingerprint density at radius 2 is 2.03 bits per heavy atom. The molecule has 1 N–H and O–H groups in total. The first-order chi connectivity index (χ1) is 14.2. The van der Waals surface area contributed by atoms with Crippen LogP contribution in [0.5, 0.6) is 11.5 Å². The number of methoxy groups -OCH3 is 1. The topological polar surface area (TPSA) is 75.0 Å². The summed E-state index contributed by atoms with van der Waals surface area (Å²) >= 11 is 0. The van der Waals surface area contributed by atoms with E-state index in [0.29, 0.717) is 30.6 Å². The van der Waals surface area contributed by atoms with Crippen LogP contribution in [0.3, 0.4) is 0 Å². The lowest BCUT2D eigenvalue weighted by atomic mass is 9.75. The van der Waals surface area contributed by atoms with Crippen molar-refractivity contribution in [2.45, 2.75) is 65.2 Å². The van der Waals surface area contributed by atoms with Gasteiger partial charge in [0.15, 0.2) is 11.5 Å². The van der Waals surface area contributed by atoms with Gasteiger partial charge in [-0.05, 0) is 60.8 Å². The molecular weight excluding hydrogens is 380 g/mol. The second-order valence-electron chi connectivity index (χ2n) is 9.78. The number of benzene rings is 1. The quantitative estimate of drug-likeness (QED) is 0.683. The zero-order chi connectivity index (χ0) is 21.9. The van der Waals surface area contributed by atoms with Crippen LogP contribution in [0.4, 0.5) is 0 Å². The number of fused-ring (bicyclic) bond motifs is 3. The molecule has 0 saturated carbocycles. The molecule has 1 saturated heterocycles. The molecule has 0 radical (unpaired) electrons. The van der Waals surface area contributed by atoms with Crippen molar-refractivity contribution in [2.75, 3.05) is 33.4 Å². The van der Waals surface area contributed by atoms with E-state index in [-0.39, 0.29) is 17.6 Å². The summed E-state index contributed by atoms with van der Waals surface area (Å²) in [7, 11) is 1.65. The van der Waals surface area contributed by atoms with Gasteiger partial charge >= 0.3 is 0 Å². The molecule has 3 rings (SSSR count). The van der Waals surface area contributed by atoms with Gasteiger partial charge in [-0.15, -0.1) is 0 Å². The minimum absolute atomic E-state index is 0.219. The first-order valence-corrected chi connectivity index (χ1v) is 11.0. The van der Waals surface area contributed by atoms with E-state index in [1.165, 1.54) is 11.1 Å². The third-order valence-electron chi connectivity index (χ3n) is 6.14. The largest absolute Gasteiger partial charge is 0.493 e. The molecule has 6 nitrogen and oxygen atoms in total. The maximum atomic E-state index is 10.9. The first-order valence-electron chi connectivity index (χ1n) is 11.0. The Hall–Kier alpha value is -1.81. The van der Waals surface area contributed by atoms with Gasteiger partial charge < -0.3 is 19.3 Å². The summed E-state index contributed by atoms with van der Waals surface area (Å²) in [5.74, 6) is 1.73. The molecule has 0 amide bonds. The minimum Gasteiger partial charge on any atom is -0.493 e. The van der Waals surface area contributed by atoms with E-state index in [9.17, 15) is 5.11 Å². The zero-order valence-corrected chi connectivity index (χ0v) is 19.0. The molecule has 0 bridgehead atoms. The predicted octanol–water partition coefficient (Wildman–Crippen LogP) is 3.72. The van der Waals surface area contributed by atoms with Crippen molar-refractivity contribution in [2.24, 2.45) is 11.3 Å². The molecule has 4 atom stereocenters. The lowest BCUT2D eigenvalue weighted by molar-refractivity contribution is -0.0259. The molecule has 1 aromatic carbocycles. The lowest BCUT2D eigenvalue weighted by Gasteiger charge is -2.47. The van der Waals surface area contributed by atoms with E-state index in [4.69, 9.17) is 19.5 Å². The monoisotopic (exact) mass is 416 g/mol. The van der Waals surface area contributed by atoms with E-state index >= 15 is 0 Å². The first kappa shape index (κ1) is 22.9. The van der Waals surface area contributed by atoms with E-state index in [2.05, 4.69) is 37.8 Å². The summed E-state index contributed by atoms with van der Waals surface area (Å²) in [6, 6.07) is 6.43. The van der Waals surface area contributed by atoms with Crippen LogP contribution in [-0.2, 0) is 11.2 Å². The summed E-state index contributed by atoms with van der Waals surface area (Å²) < 4.78 is 16.9. The Kier molecular flexibility index (Phi) is 7.28. The molecule has 1 unspecified atom stereocenters. The lowest BCUT2D eigenvalue weighted by Crippen LogP contribution is -2.48. The normalized spacial score (nSPS) is 25.0. The molecule has 0 aliphatic carbocycles. The molecule has 0 spiro atoms. The SMILES string of the molecule is COc1cc2c(cc1OCCOC(C)C#N)CCN1C[C@@H](CC(C)(C)C)[C@H](O)C[C@H]21. The second kappa shape index (κ2) is 9.55. The molecular formula is C24H36N2O4. The zero-order valence-electron chi connectivity index (χ0n) is 19.0. The van der Waals surface area contributed by atoms with Gasteiger partial charge in [0.2, 0.25) is 0 Å². The molecule has 2 heterocycles. The number of aliphatic hydroxyl groups excluding tert-OH is 1. The second-order valence-corrected chi connectivity index (χ2v) is 9.78. The van der Waals surface area contributed by atoms with Crippen molar-refractivity contribution in [3.63, 3.8) is 0 Å². The van der Waals surface area contributed by atoms with Crippen molar-refractivity contribution < 1.29 is 19.3 Å². The van der Waals surface area contributed by atoms with Gasteiger partial charge in [-0.25, -0.2) is 0 Å². The third kappa shape index (κ3) is 5.46. The Morgan fingerprint density at radius 3 is 2.70 bits per heavy atom. The Morgan fingerprint density at radius 1 is 1.27 bits per heavy atom. The number of aliphatic hydroxyl groups is 1. The number of rotatable bonds is 7.